The van der Waals surface area contributed by atoms with Crippen LogP contribution in [0.3, 0.4) is 0 Å². The van der Waals surface area contributed by atoms with Gasteiger partial charge in [0.25, 0.3) is 0 Å². The number of aldehydes is 1. The average Bonchev–Trinajstić information content (AvgIpc) is 3.53. The molecule has 4 atom stereocenters. The molecule has 2 N–H and O–H groups in total. The fourth-order valence-corrected chi connectivity index (χ4v) is 6.92. The van der Waals surface area contributed by atoms with Crippen molar-refractivity contribution in [2.75, 3.05) is 13.2 Å². The fraction of sp³-hybridized carbons (Fsp3) is 0.738. The first-order valence-electron chi connectivity index (χ1n) is 18.1. The Labute approximate surface area is 279 Å². The maximum atomic E-state index is 10.7. The minimum absolute atomic E-state index is 0.218. The number of aliphatic hydroxyl groups excluding tert-OH is 2. The second-order valence-electron chi connectivity index (χ2n) is 15.8. The predicted molar refractivity (Wildman–Crippen MR) is 196 cm³/mol. The van der Waals surface area contributed by atoms with E-state index in [0.717, 1.165) is 56.3 Å². The van der Waals surface area contributed by atoms with Crippen LogP contribution in [0.5, 0.6) is 0 Å². The highest BCUT2D eigenvalue weighted by Gasteiger charge is 2.35. The summed E-state index contributed by atoms with van der Waals surface area (Å²) in [5.41, 5.74) is 7.69. The molecule has 0 aromatic heterocycles. The molecule has 4 unspecified atom stereocenters. The van der Waals surface area contributed by atoms with Crippen LogP contribution in [0.15, 0.2) is 58.2 Å². The average molecular weight is 625 g/mol. The monoisotopic (exact) mass is 625 g/mol. The third kappa shape index (κ3) is 11.8. The predicted octanol–water partition coefficient (Wildman–Crippen LogP) is 11.4. The first kappa shape index (κ1) is 41.3. The molecule has 45 heavy (non-hydrogen) atoms. The summed E-state index contributed by atoms with van der Waals surface area (Å²) in [6.07, 6.45) is 23.5. The van der Waals surface area contributed by atoms with Gasteiger partial charge in [0.05, 0.1) is 6.61 Å². The molecule has 0 spiro atoms. The third-order valence-electron chi connectivity index (χ3n) is 12.6. The summed E-state index contributed by atoms with van der Waals surface area (Å²) in [5, 5.41) is 18.3. The van der Waals surface area contributed by atoms with Gasteiger partial charge in [-0.2, -0.15) is 0 Å². The summed E-state index contributed by atoms with van der Waals surface area (Å²) < 4.78 is 0. The Balaban J connectivity index is 0.000000337. The van der Waals surface area contributed by atoms with Gasteiger partial charge < -0.3 is 10.2 Å². The minimum Gasteiger partial charge on any atom is -0.396 e. The van der Waals surface area contributed by atoms with Crippen LogP contribution in [-0.2, 0) is 4.79 Å². The van der Waals surface area contributed by atoms with Crippen LogP contribution < -0.4 is 0 Å². The minimum atomic E-state index is 0.218. The zero-order valence-corrected chi connectivity index (χ0v) is 31.6. The van der Waals surface area contributed by atoms with E-state index in [1.165, 1.54) is 42.4 Å². The molecule has 3 aliphatic rings. The van der Waals surface area contributed by atoms with E-state index in [1.807, 2.05) is 6.92 Å². The Bertz CT molecular complexity index is 1050. The Morgan fingerprint density at radius 1 is 0.756 bits per heavy atom. The highest BCUT2D eigenvalue weighted by molar-refractivity contribution is 5.72. The molecule has 3 rings (SSSR count). The van der Waals surface area contributed by atoms with Gasteiger partial charge in [0.2, 0.25) is 0 Å². The Morgan fingerprint density at radius 2 is 1.20 bits per heavy atom. The fourth-order valence-electron chi connectivity index (χ4n) is 6.92. The maximum Gasteiger partial charge on any atom is 0.145 e. The molecule has 0 amide bonds. The zero-order chi connectivity index (χ0) is 34.4. The quantitative estimate of drug-likeness (QED) is 0.122. The van der Waals surface area contributed by atoms with E-state index in [-0.39, 0.29) is 6.61 Å². The first-order chi connectivity index (χ1) is 21.1. The molecular weight excluding hydrogens is 552 g/mol. The van der Waals surface area contributed by atoms with Crippen molar-refractivity contribution in [1.29, 1.82) is 0 Å². The molecule has 3 aliphatic carbocycles. The lowest BCUT2D eigenvalue weighted by Crippen LogP contribution is -2.21. The van der Waals surface area contributed by atoms with Crippen LogP contribution >= 0.6 is 0 Å². The highest BCUT2D eigenvalue weighted by Crippen LogP contribution is 2.47. The summed E-state index contributed by atoms with van der Waals surface area (Å²) in [6.45, 7) is 27.6. The van der Waals surface area contributed by atoms with E-state index < -0.39 is 0 Å². The Kier molecular flexibility index (Phi) is 17.6. The van der Waals surface area contributed by atoms with Crippen LogP contribution in [-0.4, -0.2) is 29.7 Å². The second kappa shape index (κ2) is 19.2. The van der Waals surface area contributed by atoms with Crippen molar-refractivity contribution in [1.82, 2.24) is 0 Å². The smallest absolute Gasteiger partial charge is 0.145 e. The SMILES string of the molecule is CC/C(=C\CC1CC=C(C)C1(C)C)CO.CC/C(C=O)=C\CC1CC=C(C)C1(C)C.CCC(CO)CCC1CC=C(C)C1(C)C. The van der Waals surface area contributed by atoms with E-state index in [4.69, 9.17) is 10.2 Å². The lowest BCUT2D eigenvalue weighted by molar-refractivity contribution is -0.105. The van der Waals surface area contributed by atoms with Crippen molar-refractivity contribution in [3.63, 3.8) is 0 Å². The van der Waals surface area contributed by atoms with Crippen molar-refractivity contribution >= 4 is 6.29 Å². The molecule has 0 bridgehead atoms. The van der Waals surface area contributed by atoms with Crippen molar-refractivity contribution < 1.29 is 15.0 Å². The third-order valence-corrected chi connectivity index (χ3v) is 12.6. The lowest BCUT2D eigenvalue weighted by atomic mass is 9.75. The van der Waals surface area contributed by atoms with Crippen molar-refractivity contribution in [2.45, 2.75) is 147 Å². The molecule has 258 valence electrons. The molecule has 0 radical (unpaired) electrons. The second-order valence-corrected chi connectivity index (χ2v) is 15.8. The van der Waals surface area contributed by atoms with E-state index in [2.05, 4.69) is 107 Å². The molecular formula is C42H72O3. The molecule has 0 heterocycles. The van der Waals surface area contributed by atoms with Gasteiger partial charge in [0.15, 0.2) is 0 Å². The molecule has 0 aromatic rings. The van der Waals surface area contributed by atoms with Gasteiger partial charge in [-0.1, -0.05) is 116 Å². The molecule has 0 aromatic carbocycles. The van der Waals surface area contributed by atoms with Crippen LogP contribution in [0.1, 0.15) is 147 Å². The summed E-state index contributed by atoms with van der Waals surface area (Å²) in [5.74, 6) is 2.68. The van der Waals surface area contributed by atoms with E-state index in [1.54, 1.807) is 5.57 Å². The Hall–Kier alpha value is -1.71. The van der Waals surface area contributed by atoms with Gasteiger partial charge in [0, 0.05) is 6.61 Å². The normalized spacial score (nSPS) is 25.7. The van der Waals surface area contributed by atoms with Gasteiger partial charge in [0.1, 0.15) is 6.29 Å². The summed E-state index contributed by atoms with van der Waals surface area (Å²) in [4.78, 5) is 10.7. The number of rotatable bonds is 13. The number of aliphatic hydroxyl groups is 2. The number of allylic oxidation sites excluding steroid dienone is 9. The van der Waals surface area contributed by atoms with Crippen LogP contribution in [0, 0.1) is 39.9 Å². The van der Waals surface area contributed by atoms with Gasteiger partial charge in [-0.05, 0) is 130 Å². The van der Waals surface area contributed by atoms with Crippen molar-refractivity contribution in [3.8, 4) is 0 Å². The van der Waals surface area contributed by atoms with Gasteiger partial charge >= 0.3 is 0 Å². The van der Waals surface area contributed by atoms with E-state index in [9.17, 15) is 4.79 Å². The maximum absolute atomic E-state index is 10.7. The van der Waals surface area contributed by atoms with Crippen LogP contribution in [0.2, 0.25) is 0 Å². The molecule has 0 fully saturated rings. The standard InChI is InChI=1S/C14H26O.C14H24O.C14H22O/c3*1-5-12(10-15)7-9-13-8-6-11(2)14(13,3)4/h6,12-13,15H,5,7-10H2,1-4H3;6-7,13,15H,5,8-10H2,1-4H3;6-7,10,13H,5,8-9H2,1-4H3/b;2*12-7+. The number of hydrogen-bond acceptors (Lipinski definition) is 3. The molecule has 3 heteroatoms. The summed E-state index contributed by atoms with van der Waals surface area (Å²) in [6, 6.07) is 0. The van der Waals surface area contributed by atoms with Gasteiger partial charge in [-0.3, -0.25) is 4.79 Å². The van der Waals surface area contributed by atoms with E-state index in [0.29, 0.717) is 40.6 Å². The Morgan fingerprint density at radius 3 is 1.51 bits per heavy atom. The number of hydrogen-bond donors (Lipinski definition) is 2. The lowest BCUT2D eigenvalue weighted by Gasteiger charge is -2.30. The van der Waals surface area contributed by atoms with Crippen molar-refractivity contribution in [3.05, 3.63) is 58.2 Å². The van der Waals surface area contributed by atoms with Gasteiger partial charge in [-0.15, -0.1) is 0 Å². The highest BCUT2D eigenvalue weighted by atomic mass is 16.3. The topological polar surface area (TPSA) is 57.5 Å². The number of carbonyl (C=O) groups excluding carboxylic acids is 1. The summed E-state index contributed by atoms with van der Waals surface area (Å²) >= 11 is 0. The van der Waals surface area contributed by atoms with Crippen LogP contribution in [0.25, 0.3) is 0 Å². The summed E-state index contributed by atoms with van der Waals surface area (Å²) in [7, 11) is 0. The van der Waals surface area contributed by atoms with E-state index >= 15 is 0 Å². The molecule has 3 nitrogen and oxygen atoms in total. The largest absolute Gasteiger partial charge is 0.396 e. The molecule has 0 aliphatic heterocycles. The first-order valence-corrected chi connectivity index (χ1v) is 18.1. The van der Waals surface area contributed by atoms with Crippen molar-refractivity contribution in [2.24, 2.45) is 39.9 Å². The van der Waals surface area contributed by atoms with Crippen LogP contribution in [0.4, 0.5) is 0 Å². The number of carbonyl (C=O) groups is 1. The zero-order valence-electron chi connectivity index (χ0n) is 31.6. The van der Waals surface area contributed by atoms with Gasteiger partial charge in [-0.25, -0.2) is 0 Å². The molecule has 0 saturated heterocycles. The molecule has 0 saturated carbocycles.